The Morgan fingerprint density at radius 1 is 0.581 bits per heavy atom. The largest absolute Gasteiger partial charge is 0.461 e. The van der Waals surface area contributed by atoms with Crippen molar-refractivity contribution in [1.29, 1.82) is 0 Å². The van der Waals surface area contributed by atoms with E-state index in [1.54, 1.807) is 0 Å². The highest BCUT2D eigenvalue weighted by molar-refractivity contribution is 6.10. The maximum absolute atomic E-state index is 14.4. The van der Waals surface area contributed by atoms with Crippen molar-refractivity contribution in [1.82, 2.24) is 30.2 Å². The standard InChI is InChI=1S/C48H68N6O8/c1-11-43(7)31-47(33(5)45(9,13-3)53(43)27-35-21-17-15-18-22-35)39(57)51(41(59)49-47)29-37(55)61-25-26-62-38(56)30-52-40(58)48(50-42(52)60)32-44(8,12-2)54(46(10,14-4)34(48)6)28-36-23-19-16-20-24-36/h15-24,33-34H,11-14,25-32H2,1-10H3,(H,49,59)(H,50,60). The molecule has 14 nitrogen and oxygen atoms in total. The van der Waals surface area contributed by atoms with Gasteiger partial charge in [0.15, 0.2) is 0 Å². The lowest BCUT2D eigenvalue weighted by molar-refractivity contribution is -0.161. The molecule has 0 bridgehead atoms. The van der Waals surface area contributed by atoms with Crippen molar-refractivity contribution in [2.45, 2.75) is 154 Å². The molecule has 2 N–H and O–H groups in total. The number of nitrogens with one attached hydrogen (secondary N) is 2. The average Bonchev–Trinajstić information content (AvgIpc) is 3.63. The van der Waals surface area contributed by atoms with Gasteiger partial charge in [-0.2, -0.15) is 0 Å². The number of hydrogen-bond acceptors (Lipinski definition) is 10. The van der Waals surface area contributed by atoms with Gasteiger partial charge in [-0.15, -0.1) is 0 Å². The maximum atomic E-state index is 14.4. The molecule has 14 heteroatoms. The second kappa shape index (κ2) is 17.4. The van der Waals surface area contributed by atoms with Crippen LogP contribution in [0.4, 0.5) is 9.59 Å². The highest BCUT2D eigenvalue weighted by atomic mass is 16.6. The zero-order valence-electron chi connectivity index (χ0n) is 38.5. The third-order valence-electron chi connectivity index (χ3n) is 16.1. The minimum Gasteiger partial charge on any atom is -0.461 e. The number of benzene rings is 2. The van der Waals surface area contributed by atoms with E-state index in [2.05, 4.69) is 100 Å². The summed E-state index contributed by atoms with van der Waals surface area (Å²) in [5.74, 6) is -3.20. The molecule has 338 valence electrons. The Morgan fingerprint density at radius 3 is 1.23 bits per heavy atom. The zero-order chi connectivity index (χ0) is 45.5. The first kappa shape index (κ1) is 46.7. The van der Waals surface area contributed by atoms with Gasteiger partial charge in [-0.25, -0.2) is 9.59 Å². The fourth-order valence-electron chi connectivity index (χ4n) is 11.4. The fraction of sp³-hybridized carbons (Fsp3) is 0.625. The monoisotopic (exact) mass is 857 g/mol. The van der Waals surface area contributed by atoms with Crippen LogP contribution in [-0.4, -0.2) is 115 Å². The summed E-state index contributed by atoms with van der Waals surface area (Å²) in [4.78, 5) is 88.8. The minimum absolute atomic E-state index is 0.303. The number of piperidine rings is 2. The van der Waals surface area contributed by atoms with Crippen molar-refractivity contribution in [3.8, 4) is 0 Å². The number of ether oxygens (including phenoxy) is 2. The highest BCUT2D eigenvalue weighted by Gasteiger charge is 2.68. The number of amides is 6. The molecule has 62 heavy (non-hydrogen) atoms. The molecule has 4 aliphatic heterocycles. The number of urea groups is 2. The van der Waals surface area contributed by atoms with Gasteiger partial charge in [0.25, 0.3) is 11.8 Å². The van der Waals surface area contributed by atoms with Gasteiger partial charge in [-0.1, -0.05) is 102 Å². The van der Waals surface area contributed by atoms with Gasteiger partial charge in [0.1, 0.15) is 37.4 Å². The minimum atomic E-state index is -1.23. The van der Waals surface area contributed by atoms with Gasteiger partial charge in [-0.3, -0.25) is 38.8 Å². The molecule has 4 saturated heterocycles. The maximum Gasteiger partial charge on any atom is 0.326 e. The second-order valence-corrected chi connectivity index (χ2v) is 19.1. The number of carbonyl (C=O) groups excluding carboxylic acids is 6. The van der Waals surface area contributed by atoms with E-state index in [-0.39, 0.29) is 25.0 Å². The van der Waals surface area contributed by atoms with E-state index in [1.165, 1.54) is 0 Å². The molecule has 0 aromatic heterocycles. The van der Waals surface area contributed by atoms with Crippen LogP contribution in [0.3, 0.4) is 0 Å². The number of likely N-dealkylation sites (tertiary alicyclic amines) is 2. The highest BCUT2D eigenvalue weighted by Crippen LogP contribution is 2.54. The predicted octanol–water partition coefficient (Wildman–Crippen LogP) is 6.41. The summed E-state index contributed by atoms with van der Waals surface area (Å²) in [6, 6.07) is 19.1. The number of hydrogen-bond donors (Lipinski definition) is 2. The summed E-state index contributed by atoms with van der Waals surface area (Å²) in [6.45, 7) is 20.4. The van der Waals surface area contributed by atoms with Crippen LogP contribution in [0, 0.1) is 11.8 Å². The molecule has 0 saturated carbocycles. The van der Waals surface area contributed by atoms with Gasteiger partial charge in [0.2, 0.25) is 0 Å². The van der Waals surface area contributed by atoms with Crippen molar-refractivity contribution in [2.75, 3.05) is 26.3 Å². The Hall–Kier alpha value is -4.82. The third-order valence-corrected chi connectivity index (χ3v) is 16.1. The van der Waals surface area contributed by atoms with E-state index in [1.807, 2.05) is 50.2 Å². The predicted molar refractivity (Wildman–Crippen MR) is 234 cm³/mol. The molecule has 2 aromatic rings. The van der Waals surface area contributed by atoms with E-state index in [4.69, 9.17) is 9.47 Å². The summed E-state index contributed by atoms with van der Waals surface area (Å²) in [5, 5.41) is 6.06. The Morgan fingerprint density at radius 2 is 0.919 bits per heavy atom. The number of carbonyl (C=O) groups is 6. The molecular weight excluding hydrogens is 789 g/mol. The normalized spacial score (nSPS) is 33.9. The molecule has 8 unspecified atom stereocenters. The van der Waals surface area contributed by atoms with Crippen LogP contribution in [0.2, 0.25) is 0 Å². The Kier molecular flexibility index (Phi) is 13.1. The van der Waals surface area contributed by atoms with Crippen molar-refractivity contribution in [2.24, 2.45) is 11.8 Å². The molecule has 0 aliphatic carbocycles. The first-order chi connectivity index (χ1) is 29.2. The number of nitrogens with zero attached hydrogens (tertiary/aromatic N) is 4. The SMILES string of the molecule is CCC1(C)CC2(NC(=O)N(CC(=O)OCCOC(=O)CN3C(=O)NC4(CC(C)(CC)N(Cc5ccccc5)C(C)(CC)C4C)C3=O)C2=O)C(C)C(C)(CC)N1Cc1ccccc1. The van der Waals surface area contributed by atoms with Crippen LogP contribution >= 0.6 is 0 Å². The molecule has 4 heterocycles. The summed E-state index contributed by atoms with van der Waals surface area (Å²) < 4.78 is 10.7. The third kappa shape index (κ3) is 7.79. The fourth-order valence-corrected chi connectivity index (χ4v) is 11.4. The van der Waals surface area contributed by atoms with Crippen LogP contribution in [0.5, 0.6) is 0 Å². The average molecular weight is 857 g/mol. The quantitative estimate of drug-likeness (QED) is 0.117. The van der Waals surface area contributed by atoms with Gasteiger partial charge < -0.3 is 20.1 Å². The summed E-state index contributed by atoms with van der Waals surface area (Å²) in [7, 11) is 0. The Balaban J connectivity index is 1.05. The molecule has 4 aliphatic rings. The van der Waals surface area contributed by atoms with Crippen LogP contribution in [0.15, 0.2) is 60.7 Å². The van der Waals surface area contributed by atoms with Crippen LogP contribution in [-0.2, 0) is 41.7 Å². The first-order valence-electron chi connectivity index (χ1n) is 22.5. The zero-order valence-corrected chi connectivity index (χ0v) is 38.5. The smallest absolute Gasteiger partial charge is 0.326 e. The number of imide groups is 2. The van der Waals surface area contributed by atoms with Crippen molar-refractivity contribution in [3.63, 3.8) is 0 Å². The molecule has 8 atom stereocenters. The Labute approximate surface area is 367 Å². The molecular formula is C48H68N6O8. The van der Waals surface area contributed by atoms with Gasteiger partial charge in [0, 0.05) is 47.1 Å². The molecule has 0 radical (unpaired) electrons. The topological polar surface area (TPSA) is 158 Å². The molecule has 6 rings (SSSR count). The van der Waals surface area contributed by atoms with Crippen LogP contribution in [0.25, 0.3) is 0 Å². The lowest BCUT2D eigenvalue weighted by Crippen LogP contribution is -2.75. The van der Waals surface area contributed by atoms with Gasteiger partial charge in [-0.05, 0) is 77.3 Å². The van der Waals surface area contributed by atoms with Crippen molar-refractivity contribution in [3.05, 3.63) is 71.8 Å². The number of rotatable bonds is 15. The van der Waals surface area contributed by atoms with E-state index in [9.17, 15) is 28.8 Å². The first-order valence-corrected chi connectivity index (χ1v) is 22.5. The molecule has 2 aromatic carbocycles. The lowest BCUT2D eigenvalue weighted by Gasteiger charge is -2.63. The van der Waals surface area contributed by atoms with E-state index >= 15 is 0 Å². The molecule has 4 fully saturated rings. The van der Waals surface area contributed by atoms with E-state index in [0.717, 1.165) is 46.6 Å². The summed E-state index contributed by atoms with van der Waals surface area (Å²) >= 11 is 0. The second-order valence-electron chi connectivity index (χ2n) is 19.1. The van der Waals surface area contributed by atoms with Crippen LogP contribution in [0.1, 0.15) is 119 Å². The Bertz CT molecular complexity index is 1890. The van der Waals surface area contributed by atoms with E-state index < -0.39 is 82.1 Å². The van der Waals surface area contributed by atoms with E-state index in [0.29, 0.717) is 25.9 Å². The van der Waals surface area contributed by atoms with Crippen molar-refractivity contribution < 1.29 is 38.2 Å². The lowest BCUT2D eigenvalue weighted by atomic mass is 9.59. The van der Waals surface area contributed by atoms with Gasteiger partial charge >= 0.3 is 24.0 Å². The summed E-state index contributed by atoms with van der Waals surface area (Å²) in [5.41, 5.74) is -2.00. The number of esters is 2. The molecule has 2 spiro atoms. The summed E-state index contributed by atoms with van der Waals surface area (Å²) in [6.07, 6.45) is 3.65. The van der Waals surface area contributed by atoms with Gasteiger partial charge in [0.05, 0.1) is 0 Å². The molecule has 6 amide bonds. The van der Waals surface area contributed by atoms with Crippen molar-refractivity contribution >= 4 is 35.8 Å². The van der Waals surface area contributed by atoms with Crippen LogP contribution < -0.4 is 10.6 Å².